The first kappa shape index (κ1) is 27.6. The Hall–Kier alpha value is -2.54. The van der Waals surface area contributed by atoms with Crippen molar-refractivity contribution in [2.24, 2.45) is 5.92 Å². The van der Waals surface area contributed by atoms with Gasteiger partial charge in [0, 0.05) is 50.6 Å². The number of rotatable bonds is 8. The van der Waals surface area contributed by atoms with Gasteiger partial charge in [-0.1, -0.05) is 23.3 Å². The minimum absolute atomic E-state index is 0.325. The Labute approximate surface area is 236 Å². The number of ether oxygens (including phenoxy) is 1. The molecule has 9 nitrogen and oxygen atoms in total. The number of imidazole rings is 1. The van der Waals surface area contributed by atoms with Gasteiger partial charge in [0.2, 0.25) is 5.95 Å². The van der Waals surface area contributed by atoms with Gasteiger partial charge in [-0.2, -0.15) is 9.97 Å². The number of aromatic nitrogens is 4. The van der Waals surface area contributed by atoms with Crippen molar-refractivity contribution in [3.05, 3.63) is 36.2 Å². The minimum atomic E-state index is -2.75. The number of hydrogen-bond donors (Lipinski definition) is 2. The molecule has 3 aliphatic rings. The minimum Gasteiger partial charge on any atom is -0.616 e. The van der Waals surface area contributed by atoms with Crippen molar-refractivity contribution in [2.75, 3.05) is 54.6 Å². The van der Waals surface area contributed by atoms with E-state index in [1.807, 2.05) is 6.07 Å². The van der Waals surface area contributed by atoms with Crippen molar-refractivity contribution in [3.63, 3.8) is 0 Å². The predicted molar refractivity (Wildman–Crippen MR) is 153 cm³/mol. The summed E-state index contributed by atoms with van der Waals surface area (Å²) in [4.78, 5) is 15.8. The molecule has 1 saturated carbocycles. The largest absolute Gasteiger partial charge is 0.616 e. The Morgan fingerprint density at radius 2 is 1.65 bits per heavy atom. The zero-order chi connectivity index (χ0) is 27.5. The lowest BCUT2D eigenvalue weighted by Crippen LogP contribution is -2.44. The van der Waals surface area contributed by atoms with Gasteiger partial charge in [0.1, 0.15) is 23.1 Å². The molecule has 4 heterocycles. The molecule has 0 radical (unpaired) electrons. The fraction of sp³-hybridized carbons (Fsp3) is 0.607. The van der Waals surface area contributed by atoms with E-state index in [9.17, 15) is 13.3 Å². The number of nitrogens with zero attached hydrogens (tertiary/aromatic N) is 5. The smallest absolute Gasteiger partial charge is 0.296 e. The van der Waals surface area contributed by atoms with Crippen LogP contribution in [0.15, 0.2) is 30.3 Å². The first-order chi connectivity index (χ1) is 19.5. The standard InChI is InChI=1S/C28H37F2N7O2S/c29-26(30)27-33-22-3-1-2-4-23(22)37(27)25-17-24(36-11-13-39-14-12-36)34-28(35-25)31-18-19-5-7-20(8-6-19)32-21-9-15-40(38)16-10-21/h1-4,17,19-21,26,32H,5-16,18H2,(H,31,34,35)/t19?,20?,21-,40-. The summed E-state index contributed by atoms with van der Waals surface area (Å²) in [6.45, 7) is 3.27. The quantitative estimate of drug-likeness (QED) is 0.389. The lowest BCUT2D eigenvalue weighted by molar-refractivity contribution is 0.122. The molecular formula is C28H37F2N7O2S. The van der Waals surface area contributed by atoms with Crippen molar-refractivity contribution < 1.29 is 18.1 Å². The molecule has 0 bridgehead atoms. The fourth-order valence-electron chi connectivity index (χ4n) is 6.06. The van der Waals surface area contributed by atoms with Crippen LogP contribution in [0.1, 0.15) is 50.8 Å². The van der Waals surface area contributed by atoms with Gasteiger partial charge in [-0.25, -0.2) is 13.8 Å². The Morgan fingerprint density at radius 3 is 2.40 bits per heavy atom. The topological polar surface area (TPSA) is 103 Å². The van der Waals surface area contributed by atoms with E-state index in [0.29, 0.717) is 72.9 Å². The molecule has 0 spiro atoms. The van der Waals surface area contributed by atoms with Crippen molar-refractivity contribution >= 4 is 34.0 Å². The maximum Gasteiger partial charge on any atom is 0.296 e. The van der Waals surface area contributed by atoms with Crippen LogP contribution in [0.4, 0.5) is 20.5 Å². The maximum atomic E-state index is 14.1. The number of halogens is 2. The summed E-state index contributed by atoms with van der Waals surface area (Å²) in [6.07, 6.45) is 3.70. The van der Waals surface area contributed by atoms with Crippen LogP contribution in [-0.4, -0.2) is 80.5 Å². The second-order valence-corrected chi connectivity index (χ2v) is 12.7. The molecule has 0 amide bonds. The zero-order valence-corrected chi connectivity index (χ0v) is 23.4. The van der Waals surface area contributed by atoms with Crippen LogP contribution in [0.2, 0.25) is 0 Å². The highest BCUT2D eigenvalue weighted by molar-refractivity contribution is 7.91. The normalized spacial score (nSPS) is 25.9. The van der Waals surface area contributed by atoms with Gasteiger partial charge in [-0.15, -0.1) is 0 Å². The summed E-state index contributed by atoms with van der Waals surface area (Å²) >= 11 is -0.632. The molecule has 6 rings (SSSR count). The number of morpholine rings is 1. The Balaban J connectivity index is 1.18. The highest BCUT2D eigenvalue weighted by Crippen LogP contribution is 2.30. The number of anilines is 2. The number of benzene rings is 1. The molecule has 2 aliphatic heterocycles. The Morgan fingerprint density at radius 1 is 0.950 bits per heavy atom. The second kappa shape index (κ2) is 12.5. The number of nitrogens with one attached hydrogen (secondary N) is 2. The van der Waals surface area contributed by atoms with Gasteiger partial charge in [-0.05, 0) is 43.7 Å². The van der Waals surface area contributed by atoms with Crippen LogP contribution in [0.25, 0.3) is 16.9 Å². The summed E-state index contributed by atoms with van der Waals surface area (Å²) in [7, 11) is 0. The van der Waals surface area contributed by atoms with Crippen LogP contribution >= 0.6 is 0 Å². The van der Waals surface area contributed by atoms with Gasteiger partial charge < -0.3 is 24.8 Å². The summed E-state index contributed by atoms with van der Waals surface area (Å²) in [5.41, 5.74) is 1.09. The van der Waals surface area contributed by atoms with Crippen LogP contribution in [-0.2, 0) is 15.9 Å². The molecule has 2 aromatic heterocycles. The van der Waals surface area contributed by atoms with Crippen molar-refractivity contribution in [1.29, 1.82) is 0 Å². The third kappa shape index (κ3) is 6.35. The second-order valence-electron chi connectivity index (χ2n) is 11.0. The zero-order valence-electron chi connectivity index (χ0n) is 22.6. The highest BCUT2D eigenvalue weighted by Gasteiger charge is 2.28. The summed E-state index contributed by atoms with van der Waals surface area (Å²) in [5.74, 6) is 3.30. The molecule has 40 heavy (non-hydrogen) atoms. The van der Waals surface area contributed by atoms with E-state index >= 15 is 0 Å². The van der Waals surface area contributed by atoms with Gasteiger partial charge in [0.15, 0.2) is 5.82 Å². The number of para-hydroxylation sites is 2. The number of fused-ring (bicyclic) bond motifs is 1. The molecule has 3 fully saturated rings. The van der Waals surface area contributed by atoms with Crippen LogP contribution in [0, 0.1) is 5.92 Å². The van der Waals surface area contributed by atoms with E-state index in [0.717, 1.165) is 56.6 Å². The Kier molecular flexibility index (Phi) is 8.66. The molecule has 12 heteroatoms. The van der Waals surface area contributed by atoms with E-state index in [-0.39, 0.29) is 5.82 Å². The Bertz CT molecular complexity index is 1270. The summed E-state index contributed by atoms with van der Waals surface area (Å²) in [6, 6.07) is 9.92. The lowest BCUT2D eigenvalue weighted by Gasteiger charge is -2.34. The van der Waals surface area contributed by atoms with Crippen LogP contribution in [0.5, 0.6) is 0 Å². The number of alkyl halides is 2. The molecule has 3 aromatic rings. The van der Waals surface area contributed by atoms with Gasteiger partial charge in [0.05, 0.1) is 24.2 Å². The molecule has 0 unspecified atom stereocenters. The first-order valence-corrected chi connectivity index (χ1v) is 15.8. The summed E-state index contributed by atoms with van der Waals surface area (Å²) < 4.78 is 46.8. The highest BCUT2D eigenvalue weighted by atomic mass is 32.2. The van der Waals surface area contributed by atoms with Crippen molar-refractivity contribution in [2.45, 2.75) is 57.0 Å². The van der Waals surface area contributed by atoms with Crippen LogP contribution in [0.3, 0.4) is 0 Å². The third-order valence-corrected chi connectivity index (χ3v) is 9.68. The van der Waals surface area contributed by atoms with Crippen molar-refractivity contribution in [1.82, 2.24) is 24.8 Å². The lowest BCUT2D eigenvalue weighted by atomic mass is 9.85. The predicted octanol–water partition coefficient (Wildman–Crippen LogP) is 4.06. The van der Waals surface area contributed by atoms with Gasteiger partial charge in [-0.3, -0.25) is 4.57 Å². The molecule has 2 saturated heterocycles. The molecule has 1 aromatic carbocycles. The average molecular weight is 574 g/mol. The van der Waals surface area contributed by atoms with E-state index in [4.69, 9.17) is 14.7 Å². The maximum absolute atomic E-state index is 14.1. The van der Waals surface area contributed by atoms with Gasteiger partial charge >= 0.3 is 0 Å². The third-order valence-electron chi connectivity index (χ3n) is 8.30. The van der Waals surface area contributed by atoms with Crippen molar-refractivity contribution in [3.8, 4) is 5.82 Å². The average Bonchev–Trinajstić information content (AvgIpc) is 3.39. The molecule has 216 valence electrons. The number of hydrogen-bond acceptors (Lipinski definition) is 8. The molecular weight excluding hydrogens is 536 g/mol. The molecule has 1 aliphatic carbocycles. The molecule has 2 N–H and O–H groups in total. The summed E-state index contributed by atoms with van der Waals surface area (Å²) in [5, 5.41) is 7.24. The monoisotopic (exact) mass is 573 g/mol. The van der Waals surface area contributed by atoms with Gasteiger partial charge in [0.25, 0.3) is 6.43 Å². The van der Waals surface area contributed by atoms with E-state index in [2.05, 4.69) is 20.5 Å². The fourth-order valence-corrected chi connectivity index (χ4v) is 7.36. The first-order valence-electron chi connectivity index (χ1n) is 14.4. The van der Waals surface area contributed by atoms with E-state index < -0.39 is 17.6 Å². The SMILES string of the molecule is [O-][S@+]1CC[C@@H](NC2CCC(CNc3nc(N4CCOCC4)cc(-n4c(C(F)F)nc5ccccc54)n3)CC2)CC1. The van der Waals surface area contributed by atoms with Crippen LogP contribution < -0.4 is 15.5 Å². The van der Waals surface area contributed by atoms with E-state index in [1.165, 1.54) is 4.57 Å². The molecule has 0 atom stereocenters. The van der Waals surface area contributed by atoms with E-state index in [1.54, 1.807) is 24.3 Å².